The number of anilines is 2. The number of nitrogens with one attached hydrogen (secondary N) is 3. The number of aliphatic hydroxyl groups excluding tert-OH is 1. The quantitative estimate of drug-likeness (QED) is 0.631. The van der Waals surface area contributed by atoms with Crippen molar-refractivity contribution in [2.75, 3.05) is 23.8 Å². The summed E-state index contributed by atoms with van der Waals surface area (Å²) in [5.41, 5.74) is 0.867. The molecule has 0 aliphatic carbocycles. The first-order valence-corrected chi connectivity index (χ1v) is 5.90. The maximum absolute atomic E-state index is 9.30. The third-order valence-corrected chi connectivity index (χ3v) is 2.47. The summed E-state index contributed by atoms with van der Waals surface area (Å²) in [7, 11) is 0. The Balaban J connectivity index is 2.43. The van der Waals surface area contributed by atoms with E-state index in [2.05, 4.69) is 30.6 Å². The smallest absolute Gasteiger partial charge is 0.226 e. The SMILES string of the molecule is CCNc1nc(NC(C)(C)CO)c2[nH]cnc2n1. The highest BCUT2D eigenvalue weighted by Gasteiger charge is 2.19. The van der Waals surface area contributed by atoms with Crippen LogP contribution in [0.1, 0.15) is 20.8 Å². The summed E-state index contributed by atoms with van der Waals surface area (Å²) in [6, 6.07) is 0. The van der Waals surface area contributed by atoms with E-state index in [1.54, 1.807) is 6.33 Å². The van der Waals surface area contributed by atoms with Gasteiger partial charge in [-0.1, -0.05) is 0 Å². The second-order valence-corrected chi connectivity index (χ2v) is 4.69. The van der Waals surface area contributed by atoms with Gasteiger partial charge in [-0.05, 0) is 20.8 Å². The molecule has 0 bridgehead atoms. The normalized spacial score (nSPS) is 11.8. The molecule has 0 saturated carbocycles. The van der Waals surface area contributed by atoms with Crippen LogP contribution in [0.25, 0.3) is 11.2 Å². The average molecular weight is 250 g/mol. The van der Waals surface area contributed by atoms with Crippen molar-refractivity contribution in [3.05, 3.63) is 6.33 Å². The van der Waals surface area contributed by atoms with E-state index in [4.69, 9.17) is 0 Å². The summed E-state index contributed by atoms with van der Waals surface area (Å²) in [6.45, 7) is 6.50. The number of nitrogens with zero attached hydrogens (tertiary/aromatic N) is 3. The average Bonchev–Trinajstić information content (AvgIpc) is 2.77. The number of fused-ring (bicyclic) bond motifs is 1. The zero-order valence-corrected chi connectivity index (χ0v) is 10.8. The van der Waals surface area contributed by atoms with Crippen LogP contribution in [-0.2, 0) is 0 Å². The van der Waals surface area contributed by atoms with Crippen molar-refractivity contribution in [2.45, 2.75) is 26.3 Å². The molecule has 0 spiro atoms. The Morgan fingerprint density at radius 3 is 2.83 bits per heavy atom. The van der Waals surface area contributed by atoms with E-state index >= 15 is 0 Å². The topological polar surface area (TPSA) is 98.8 Å². The Hall–Kier alpha value is -1.89. The van der Waals surface area contributed by atoms with E-state index in [-0.39, 0.29) is 6.61 Å². The first-order chi connectivity index (χ1) is 8.55. The van der Waals surface area contributed by atoms with Crippen molar-refractivity contribution in [1.82, 2.24) is 19.9 Å². The second kappa shape index (κ2) is 4.77. The maximum Gasteiger partial charge on any atom is 0.226 e. The third-order valence-electron chi connectivity index (χ3n) is 2.47. The summed E-state index contributed by atoms with van der Waals surface area (Å²) >= 11 is 0. The monoisotopic (exact) mass is 250 g/mol. The fourth-order valence-electron chi connectivity index (χ4n) is 1.52. The lowest BCUT2D eigenvalue weighted by molar-refractivity contribution is 0.234. The highest BCUT2D eigenvalue weighted by atomic mass is 16.3. The van der Waals surface area contributed by atoms with Gasteiger partial charge in [0.25, 0.3) is 0 Å². The standard InChI is InChI=1S/C11H18N6O/c1-4-12-10-15-8-7(13-6-14-8)9(16-10)17-11(2,3)5-18/h6,18H,4-5H2,1-3H3,(H3,12,13,14,15,16,17). The van der Waals surface area contributed by atoms with Crippen LogP contribution in [-0.4, -0.2) is 43.7 Å². The van der Waals surface area contributed by atoms with Gasteiger partial charge in [0.1, 0.15) is 5.52 Å². The Bertz CT molecular complexity index is 535. The zero-order valence-electron chi connectivity index (χ0n) is 10.8. The predicted octanol–water partition coefficient (Wildman–Crippen LogP) is 0.967. The van der Waals surface area contributed by atoms with Gasteiger partial charge in [-0.25, -0.2) is 4.98 Å². The summed E-state index contributed by atoms with van der Waals surface area (Å²) in [5.74, 6) is 1.15. The van der Waals surface area contributed by atoms with Crippen LogP contribution in [0.2, 0.25) is 0 Å². The lowest BCUT2D eigenvalue weighted by atomic mass is 10.1. The third kappa shape index (κ3) is 2.51. The van der Waals surface area contributed by atoms with Gasteiger partial charge < -0.3 is 20.7 Å². The molecular weight excluding hydrogens is 232 g/mol. The summed E-state index contributed by atoms with van der Waals surface area (Å²) in [4.78, 5) is 15.8. The molecule has 0 unspecified atom stereocenters. The molecule has 0 saturated heterocycles. The molecule has 18 heavy (non-hydrogen) atoms. The lowest BCUT2D eigenvalue weighted by Gasteiger charge is -2.24. The largest absolute Gasteiger partial charge is 0.394 e. The van der Waals surface area contributed by atoms with Gasteiger partial charge in [-0.15, -0.1) is 0 Å². The first kappa shape index (κ1) is 12.6. The molecule has 7 heteroatoms. The van der Waals surface area contributed by atoms with E-state index in [1.165, 1.54) is 0 Å². The second-order valence-electron chi connectivity index (χ2n) is 4.69. The van der Waals surface area contributed by atoms with Crippen molar-refractivity contribution in [2.24, 2.45) is 0 Å². The van der Waals surface area contributed by atoms with E-state index in [0.29, 0.717) is 17.4 Å². The molecule has 0 amide bonds. The van der Waals surface area contributed by atoms with Crippen LogP contribution in [0, 0.1) is 0 Å². The van der Waals surface area contributed by atoms with Gasteiger partial charge in [0.05, 0.1) is 18.5 Å². The number of H-pyrrole nitrogens is 1. The molecule has 98 valence electrons. The van der Waals surface area contributed by atoms with Crippen LogP contribution < -0.4 is 10.6 Å². The van der Waals surface area contributed by atoms with Crippen molar-refractivity contribution < 1.29 is 5.11 Å². The number of aromatic nitrogens is 4. The number of aromatic amines is 1. The molecule has 2 rings (SSSR count). The van der Waals surface area contributed by atoms with Crippen molar-refractivity contribution in [1.29, 1.82) is 0 Å². The molecule has 0 atom stereocenters. The molecule has 0 aliphatic heterocycles. The van der Waals surface area contributed by atoms with E-state index in [9.17, 15) is 5.11 Å². The zero-order chi connectivity index (χ0) is 13.2. The van der Waals surface area contributed by atoms with Crippen molar-refractivity contribution >= 4 is 22.9 Å². The van der Waals surface area contributed by atoms with Gasteiger partial charge in [0.2, 0.25) is 5.95 Å². The predicted molar refractivity (Wildman–Crippen MR) is 70.6 cm³/mol. The minimum absolute atomic E-state index is 0.00315. The fourth-order valence-corrected chi connectivity index (χ4v) is 1.52. The molecule has 0 radical (unpaired) electrons. The molecule has 0 aliphatic rings. The molecule has 7 nitrogen and oxygen atoms in total. The van der Waals surface area contributed by atoms with E-state index < -0.39 is 5.54 Å². The molecule has 2 aromatic rings. The molecule has 0 fully saturated rings. The van der Waals surface area contributed by atoms with Crippen LogP contribution >= 0.6 is 0 Å². The van der Waals surface area contributed by atoms with E-state index in [0.717, 1.165) is 12.1 Å². The minimum atomic E-state index is -0.462. The van der Waals surface area contributed by atoms with Gasteiger partial charge in [-0.3, -0.25) is 0 Å². The van der Waals surface area contributed by atoms with E-state index in [1.807, 2.05) is 20.8 Å². The lowest BCUT2D eigenvalue weighted by Crippen LogP contribution is -2.35. The van der Waals surface area contributed by atoms with Gasteiger partial charge in [-0.2, -0.15) is 9.97 Å². The number of imidazole rings is 1. The maximum atomic E-state index is 9.30. The summed E-state index contributed by atoms with van der Waals surface area (Å²) in [6.07, 6.45) is 1.58. The van der Waals surface area contributed by atoms with Crippen molar-refractivity contribution in [3.63, 3.8) is 0 Å². The van der Waals surface area contributed by atoms with Gasteiger partial charge in [0.15, 0.2) is 11.5 Å². The van der Waals surface area contributed by atoms with Crippen molar-refractivity contribution in [3.8, 4) is 0 Å². The molecule has 0 aromatic carbocycles. The Labute approximate surface area is 105 Å². The number of hydrogen-bond donors (Lipinski definition) is 4. The molecule has 2 heterocycles. The Morgan fingerprint density at radius 2 is 2.17 bits per heavy atom. The number of hydrogen-bond acceptors (Lipinski definition) is 6. The van der Waals surface area contributed by atoms with Crippen LogP contribution in [0.4, 0.5) is 11.8 Å². The highest BCUT2D eigenvalue weighted by Crippen LogP contribution is 2.21. The first-order valence-electron chi connectivity index (χ1n) is 5.90. The van der Waals surface area contributed by atoms with Crippen LogP contribution in [0.3, 0.4) is 0 Å². The fraction of sp³-hybridized carbons (Fsp3) is 0.545. The Kier molecular flexibility index (Phi) is 3.33. The highest BCUT2D eigenvalue weighted by molar-refractivity contribution is 5.84. The Morgan fingerprint density at radius 1 is 1.39 bits per heavy atom. The minimum Gasteiger partial charge on any atom is -0.394 e. The molecule has 2 aromatic heterocycles. The number of aliphatic hydroxyl groups is 1. The molecule has 4 N–H and O–H groups in total. The molecular formula is C11H18N6O. The summed E-state index contributed by atoms with van der Waals surface area (Å²) in [5, 5.41) is 15.5. The van der Waals surface area contributed by atoms with Gasteiger partial charge in [0, 0.05) is 6.54 Å². The van der Waals surface area contributed by atoms with Crippen LogP contribution in [0.5, 0.6) is 0 Å². The van der Waals surface area contributed by atoms with Crippen LogP contribution in [0.15, 0.2) is 6.33 Å². The summed E-state index contributed by atoms with van der Waals surface area (Å²) < 4.78 is 0. The number of rotatable bonds is 5. The van der Waals surface area contributed by atoms with Gasteiger partial charge >= 0.3 is 0 Å².